The van der Waals surface area contributed by atoms with Crippen LogP contribution in [0.5, 0.6) is 5.75 Å². The SMILES string of the molecule is CCC(C)C(NC(=O)C(C)Oc1ccc(C(C)C)cc1)C(=O)O. The van der Waals surface area contributed by atoms with Gasteiger partial charge in [-0.05, 0) is 36.5 Å². The van der Waals surface area contributed by atoms with Crippen LogP contribution in [0.15, 0.2) is 24.3 Å². The second kappa shape index (κ2) is 8.56. The molecular weight excluding hydrogens is 294 g/mol. The van der Waals surface area contributed by atoms with Crippen LogP contribution in [-0.4, -0.2) is 29.1 Å². The molecule has 2 N–H and O–H groups in total. The normalized spacial score (nSPS) is 14.9. The molecule has 0 fully saturated rings. The lowest BCUT2D eigenvalue weighted by molar-refractivity contribution is -0.144. The highest BCUT2D eigenvalue weighted by Gasteiger charge is 2.27. The molecular formula is C18H27NO4. The Kier molecular flexibility index (Phi) is 7.07. The highest BCUT2D eigenvalue weighted by molar-refractivity contribution is 5.86. The van der Waals surface area contributed by atoms with Crippen molar-refractivity contribution in [3.8, 4) is 5.75 Å². The lowest BCUT2D eigenvalue weighted by Gasteiger charge is -2.22. The van der Waals surface area contributed by atoms with Gasteiger partial charge < -0.3 is 15.2 Å². The smallest absolute Gasteiger partial charge is 0.326 e. The maximum Gasteiger partial charge on any atom is 0.326 e. The topological polar surface area (TPSA) is 75.6 Å². The number of amides is 1. The van der Waals surface area contributed by atoms with E-state index in [1.165, 1.54) is 5.56 Å². The van der Waals surface area contributed by atoms with E-state index in [1.54, 1.807) is 13.8 Å². The van der Waals surface area contributed by atoms with E-state index >= 15 is 0 Å². The van der Waals surface area contributed by atoms with Crippen molar-refractivity contribution in [1.82, 2.24) is 5.32 Å². The van der Waals surface area contributed by atoms with Crippen LogP contribution < -0.4 is 10.1 Å². The Hall–Kier alpha value is -2.04. The van der Waals surface area contributed by atoms with Crippen molar-refractivity contribution in [2.45, 2.75) is 59.1 Å². The summed E-state index contributed by atoms with van der Waals surface area (Å²) in [5.41, 5.74) is 1.19. The number of hydrogen-bond acceptors (Lipinski definition) is 3. The van der Waals surface area contributed by atoms with Gasteiger partial charge in [0.15, 0.2) is 6.10 Å². The minimum Gasteiger partial charge on any atom is -0.481 e. The number of nitrogens with one attached hydrogen (secondary N) is 1. The van der Waals surface area contributed by atoms with Gasteiger partial charge in [0.05, 0.1) is 0 Å². The maximum atomic E-state index is 12.2. The van der Waals surface area contributed by atoms with Crippen molar-refractivity contribution in [3.05, 3.63) is 29.8 Å². The second-order valence-corrected chi connectivity index (χ2v) is 6.19. The molecule has 3 atom stereocenters. The predicted octanol–water partition coefficient (Wildman–Crippen LogP) is 3.19. The average molecular weight is 321 g/mol. The van der Waals surface area contributed by atoms with E-state index in [0.29, 0.717) is 18.1 Å². The third kappa shape index (κ3) is 5.58. The molecule has 1 aromatic carbocycles. The molecule has 0 saturated carbocycles. The van der Waals surface area contributed by atoms with Gasteiger partial charge in [0.2, 0.25) is 0 Å². The van der Waals surface area contributed by atoms with Crippen molar-refractivity contribution < 1.29 is 19.4 Å². The second-order valence-electron chi connectivity index (χ2n) is 6.19. The van der Waals surface area contributed by atoms with Gasteiger partial charge >= 0.3 is 5.97 Å². The highest BCUT2D eigenvalue weighted by atomic mass is 16.5. The van der Waals surface area contributed by atoms with Crippen LogP contribution in [0.3, 0.4) is 0 Å². The lowest BCUT2D eigenvalue weighted by atomic mass is 9.99. The van der Waals surface area contributed by atoms with Crippen molar-refractivity contribution in [2.24, 2.45) is 5.92 Å². The molecule has 23 heavy (non-hydrogen) atoms. The summed E-state index contributed by atoms with van der Waals surface area (Å²) >= 11 is 0. The van der Waals surface area contributed by atoms with Crippen molar-refractivity contribution in [3.63, 3.8) is 0 Å². The van der Waals surface area contributed by atoms with Crippen LogP contribution in [0.1, 0.15) is 52.5 Å². The van der Waals surface area contributed by atoms with Gasteiger partial charge in [-0.3, -0.25) is 4.79 Å². The first-order chi connectivity index (χ1) is 10.8. The third-order valence-corrected chi connectivity index (χ3v) is 4.01. The predicted molar refractivity (Wildman–Crippen MR) is 89.6 cm³/mol. The Bertz CT molecular complexity index is 524. The molecule has 1 rings (SSSR count). The molecule has 5 heteroatoms. The van der Waals surface area contributed by atoms with Crippen LogP contribution in [0.25, 0.3) is 0 Å². The summed E-state index contributed by atoms with van der Waals surface area (Å²) in [5, 5.41) is 11.8. The number of carboxylic acid groups (broad SMARTS) is 1. The van der Waals surface area contributed by atoms with E-state index in [0.717, 1.165) is 0 Å². The van der Waals surface area contributed by atoms with Gasteiger partial charge in [-0.1, -0.05) is 46.2 Å². The third-order valence-electron chi connectivity index (χ3n) is 4.01. The summed E-state index contributed by atoms with van der Waals surface area (Å²) in [4.78, 5) is 23.4. The van der Waals surface area contributed by atoms with Gasteiger partial charge in [0, 0.05) is 0 Å². The highest BCUT2D eigenvalue weighted by Crippen LogP contribution is 2.19. The Morgan fingerprint density at radius 3 is 2.13 bits per heavy atom. The number of aliphatic carboxylic acids is 1. The zero-order chi connectivity index (χ0) is 17.6. The van der Waals surface area contributed by atoms with Crippen LogP contribution in [0, 0.1) is 5.92 Å². The Labute approximate surface area is 138 Å². The summed E-state index contributed by atoms with van der Waals surface area (Å²) in [6, 6.07) is 6.67. The van der Waals surface area contributed by atoms with Crippen LogP contribution in [0.4, 0.5) is 0 Å². The van der Waals surface area contributed by atoms with E-state index in [1.807, 2.05) is 31.2 Å². The van der Waals surface area contributed by atoms with E-state index in [9.17, 15) is 14.7 Å². The van der Waals surface area contributed by atoms with Gasteiger partial charge in [0.25, 0.3) is 5.91 Å². The fraction of sp³-hybridized carbons (Fsp3) is 0.556. The number of ether oxygens (including phenoxy) is 1. The molecule has 1 aromatic rings. The van der Waals surface area contributed by atoms with E-state index in [4.69, 9.17) is 4.74 Å². The molecule has 128 valence electrons. The van der Waals surface area contributed by atoms with Crippen molar-refractivity contribution in [1.29, 1.82) is 0 Å². The summed E-state index contributed by atoms with van der Waals surface area (Å²) in [7, 11) is 0. The van der Waals surface area contributed by atoms with Crippen molar-refractivity contribution >= 4 is 11.9 Å². The number of carboxylic acids is 1. The van der Waals surface area contributed by atoms with Crippen LogP contribution >= 0.6 is 0 Å². The van der Waals surface area contributed by atoms with Crippen LogP contribution in [-0.2, 0) is 9.59 Å². The van der Waals surface area contributed by atoms with Crippen molar-refractivity contribution in [2.75, 3.05) is 0 Å². The molecule has 5 nitrogen and oxygen atoms in total. The molecule has 3 unspecified atom stereocenters. The quantitative estimate of drug-likeness (QED) is 0.771. The first-order valence-corrected chi connectivity index (χ1v) is 8.06. The maximum absolute atomic E-state index is 12.2. The molecule has 0 aliphatic rings. The first kappa shape index (κ1) is 19.0. The standard InChI is InChI=1S/C18H27NO4/c1-6-12(4)16(18(21)22)19-17(20)13(5)23-15-9-7-14(8-10-15)11(2)3/h7-13,16H,6H2,1-5H3,(H,19,20)(H,21,22). The molecule has 0 aromatic heterocycles. The zero-order valence-corrected chi connectivity index (χ0v) is 14.5. The Morgan fingerprint density at radius 2 is 1.70 bits per heavy atom. The van der Waals surface area contributed by atoms with E-state index in [2.05, 4.69) is 19.2 Å². The lowest BCUT2D eigenvalue weighted by Crippen LogP contribution is -2.49. The summed E-state index contributed by atoms with van der Waals surface area (Å²) < 4.78 is 5.60. The molecule has 0 heterocycles. The van der Waals surface area contributed by atoms with E-state index in [-0.39, 0.29) is 5.92 Å². The fourth-order valence-corrected chi connectivity index (χ4v) is 2.14. The molecule has 0 bridgehead atoms. The largest absolute Gasteiger partial charge is 0.481 e. The number of benzene rings is 1. The van der Waals surface area contributed by atoms with E-state index < -0.39 is 24.0 Å². The summed E-state index contributed by atoms with van der Waals surface area (Å²) in [6.07, 6.45) is -0.0887. The average Bonchev–Trinajstić information content (AvgIpc) is 2.51. The molecule has 0 aliphatic heterocycles. The molecule has 0 spiro atoms. The number of carbonyl (C=O) groups is 2. The minimum absolute atomic E-state index is 0.144. The molecule has 1 amide bonds. The number of carbonyl (C=O) groups excluding carboxylic acids is 1. The minimum atomic E-state index is -1.03. The summed E-state index contributed by atoms with van der Waals surface area (Å²) in [6.45, 7) is 9.51. The van der Waals surface area contributed by atoms with Gasteiger partial charge in [-0.25, -0.2) is 4.79 Å². The summed E-state index contributed by atoms with van der Waals surface area (Å²) in [5.74, 6) is -0.579. The van der Waals surface area contributed by atoms with Gasteiger partial charge in [0.1, 0.15) is 11.8 Å². The monoisotopic (exact) mass is 321 g/mol. The molecule has 0 radical (unpaired) electrons. The number of hydrogen-bond donors (Lipinski definition) is 2. The fourth-order valence-electron chi connectivity index (χ4n) is 2.14. The first-order valence-electron chi connectivity index (χ1n) is 8.06. The van der Waals surface area contributed by atoms with Gasteiger partial charge in [-0.2, -0.15) is 0 Å². The van der Waals surface area contributed by atoms with Gasteiger partial charge in [-0.15, -0.1) is 0 Å². The number of rotatable bonds is 8. The Morgan fingerprint density at radius 1 is 1.13 bits per heavy atom. The Balaban J connectivity index is 2.67. The molecule has 0 saturated heterocycles. The molecule has 0 aliphatic carbocycles. The van der Waals surface area contributed by atoms with Crippen LogP contribution in [0.2, 0.25) is 0 Å². The zero-order valence-electron chi connectivity index (χ0n) is 14.5.